The Morgan fingerprint density at radius 3 is 1.79 bits per heavy atom. The maximum absolute atomic E-state index is 6.69. The van der Waals surface area contributed by atoms with Crippen LogP contribution < -0.4 is 24.3 Å². The van der Waals surface area contributed by atoms with Gasteiger partial charge in [0.25, 0.3) is 6.55 Å². The van der Waals surface area contributed by atoms with Gasteiger partial charge in [0, 0.05) is 11.2 Å². The summed E-state index contributed by atoms with van der Waals surface area (Å²) in [4.78, 5) is 0. The van der Waals surface area contributed by atoms with Crippen LogP contribution in [0.2, 0.25) is 5.31 Å². The van der Waals surface area contributed by atoms with E-state index in [0.29, 0.717) is 0 Å². The first-order valence-electron chi connectivity index (χ1n) is 8.52. The molecule has 1 heterocycles. The average Bonchev–Trinajstić information content (AvgIpc) is 2.64. The van der Waals surface area contributed by atoms with E-state index >= 15 is 0 Å². The van der Waals surface area contributed by atoms with Crippen molar-refractivity contribution in [2.75, 3.05) is 0 Å². The molecule has 1 saturated heterocycles. The van der Waals surface area contributed by atoms with Gasteiger partial charge < -0.3 is 9.31 Å². The Labute approximate surface area is 158 Å². The normalized spacial score (nSPS) is 21.5. The summed E-state index contributed by atoms with van der Waals surface area (Å²) in [6.45, 7) is 13.5. The maximum atomic E-state index is 6.69. The van der Waals surface area contributed by atoms with Gasteiger partial charge in [-0.25, -0.2) is 0 Å². The molecule has 1 fully saturated rings. The smallest absolute Gasteiger partial charge is 0.558 e. The number of hydrogen-bond acceptors (Lipinski definition) is 2. The topological polar surface area (TPSA) is 18.5 Å². The SMILES string of the molecule is CC(C)(C)[B-]1(c2ccc3ccccc3c2)OC(C)(C)C(C)(C)O1.[Li+]. The number of rotatable bonds is 1. The van der Waals surface area contributed by atoms with Crippen LogP contribution in [0.15, 0.2) is 42.5 Å². The van der Waals surface area contributed by atoms with Crippen molar-refractivity contribution in [3.63, 3.8) is 0 Å². The Kier molecular flexibility index (Phi) is 4.84. The van der Waals surface area contributed by atoms with Crippen molar-refractivity contribution in [3.05, 3.63) is 42.5 Å². The fourth-order valence-electron chi connectivity index (χ4n) is 3.57. The Hall–Kier alpha value is -0.718. The second-order valence-electron chi connectivity index (χ2n) is 8.94. The maximum Gasteiger partial charge on any atom is 1.00 e. The van der Waals surface area contributed by atoms with Gasteiger partial charge in [0.05, 0.1) is 0 Å². The Balaban J connectivity index is 0.00000208. The first kappa shape index (κ1) is 19.6. The molecule has 0 bridgehead atoms. The van der Waals surface area contributed by atoms with Crippen molar-refractivity contribution in [1.82, 2.24) is 0 Å². The van der Waals surface area contributed by atoms with E-state index in [0.717, 1.165) is 5.46 Å². The molecule has 0 spiro atoms. The summed E-state index contributed by atoms with van der Waals surface area (Å²) in [5, 5.41) is 2.34. The molecular formula is C20H28BLiO2. The van der Waals surface area contributed by atoms with Gasteiger partial charge in [-0.05, 0) is 38.5 Å². The molecule has 0 unspecified atom stereocenters. The second kappa shape index (κ2) is 5.92. The molecule has 0 atom stereocenters. The van der Waals surface area contributed by atoms with Crippen molar-refractivity contribution in [2.45, 2.75) is 65.0 Å². The molecule has 0 amide bonds. The molecule has 1 aliphatic rings. The van der Waals surface area contributed by atoms with Crippen molar-refractivity contribution >= 4 is 22.8 Å². The Bertz CT molecular complexity index is 731. The second-order valence-corrected chi connectivity index (χ2v) is 8.94. The van der Waals surface area contributed by atoms with Crippen LogP contribution in [0.1, 0.15) is 48.5 Å². The molecule has 2 nitrogen and oxygen atoms in total. The van der Waals surface area contributed by atoms with Crippen LogP contribution in [0, 0.1) is 0 Å². The summed E-state index contributed by atoms with van der Waals surface area (Å²) in [5.41, 5.74) is 0.465. The van der Waals surface area contributed by atoms with Crippen LogP contribution in [-0.2, 0) is 9.31 Å². The van der Waals surface area contributed by atoms with E-state index < -0.39 is 6.55 Å². The van der Waals surface area contributed by atoms with E-state index in [1.807, 2.05) is 0 Å². The predicted molar refractivity (Wildman–Crippen MR) is 99.4 cm³/mol. The van der Waals surface area contributed by atoms with E-state index in [2.05, 4.69) is 90.9 Å². The zero-order valence-electron chi connectivity index (χ0n) is 16.4. The van der Waals surface area contributed by atoms with Crippen LogP contribution in [-0.4, -0.2) is 17.8 Å². The standard InChI is InChI=1S/C20H28BO2.Li/c1-18(2,3)21(22-19(4,5)20(6,7)23-21)17-13-12-15-10-8-9-11-16(15)14-17;/h8-14H,1-7H3;/q-1;+1. The van der Waals surface area contributed by atoms with Crippen molar-refractivity contribution < 1.29 is 28.2 Å². The largest absolute Gasteiger partial charge is 1.00 e. The van der Waals surface area contributed by atoms with Crippen molar-refractivity contribution in [3.8, 4) is 0 Å². The Morgan fingerprint density at radius 1 is 0.792 bits per heavy atom. The third kappa shape index (κ3) is 2.86. The van der Waals surface area contributed by atoms with Crippen LogP contribution in [0.4, 0.5) is 0 Å². The molecular weight excluding hydrogens is 290 g/mol. The molecule has 0 N–H and O–H groups in total. The minimum absolute atomic E-state index is 0. The average molecular weight is 318 g/mol. The molecule has 2 aromatic rings. The van der Waals surface area contributed by atoms with E-state index in [1.165, 1.54) is 10.8 Å². The molecule has 0 saturated carbocycles. The molecule has 24 heavy (non-hydrogen) atoms. The van der Waals surface area contributed by atoms with Gasteiger partial charge in [-0.2, -0.15) is 5.46 Å². The summed E-state index contributed by atoms with van der Waals surface area (Å²) in [7, 11) is 0. The summed E-state index contributed by atoms with van der Waals surface area (Å²) < 4.78 is 13.4. The number of hydrogen-bond donors (Lipinski definition) is 0. The number of benzene rings is 2. The van der Waals surface area contributed by atoms with Gasteiger partial charge in [-0.3, -0.25) is 0 Å². The zero-order valence-corrected chi connectivity index (χ0v) is 16.4. The van der Waals surface area contributed by atoms with Gasteiger partial charge in [0.15, 0.2) is 0 Å². The first-order chi connectivity index (χ1) is 10.5. The van der Waals surface area contributed by atoms with Crippen molar-refractivity contribution in [1.29, 1.82) is 0 Å². The molecule has 3 rings (SSSR count). The van der Waals surface area contributed by atoms with Gasteiger partial charge in [-0.1, -0.05) is 63.2 Å². The van der Waals surface area contributed by atoms with Gasteiger partial charge in [0.1, 0.15) is 0 Å². The van der Waals surface area contributed by atoms with Gasteiger partial charge >= 0.3 is 18.9 Å². The van der Waals surface area contributed by atoms with E-state index in [9.17, 15) is 0 Å². The van der Waals surface area contributed by atoms with Crippen LogP contribution in [0.5, 0.6) is 0 Å². The van der Waals surface area contributed by atoms with Crippen LogP contribution >= 0.6 is 0 Å². The summed E-state index contributed by atoms with van der Waals surface area (Å²) in [6.07, 6.45) is 0. The number of fused-ring (bicyclic) bond motifs is 1. The van der Waals surface area contributed by atoms with E-state index in [4.69, 9.17) is 9.31 Å². The predicted octanol–water partition coefficient (Wildman–Crippen LogP) is 1.90. The van der Waals surface area contributed by atoms with Gasteiger partial charge in [0.2, 0.25) is 0 Å². The van der Waals surface area contributed by atoms with Gasteiger partial charge in [-0.15, -0.1) is 5.31 Å². The fraction of sp³-hybridized carbons (Fsp3) is 0.500. The molecule has 0 aromatic heterocycles. The summed E-state index contributed by atoms with van der Waals surface area (Å²) >= 11 is 0. The summed E-state index contributed by atoms with van der Waals surface area (Å²) in [5.74, 6) is 0. The third-order valence-corrected chi connectivity index (χ3v) is 5.72. The van der Waals surface area contributed by atoms with Crippen molar-refractivity contribution in [2.24, 2.45) is 0 Å². The zero-order chi connectivity index (χ0) is 17.1. The molecule has 1 aliphatic heterocycles. The molecule has 0 aliphatic carbocycles. The van der Waals surface area contributed by atoms with E-state index in [1.54, 1.807) is 0 Å². The quantitative estimate of drug-likeness (QED) is 0.748. The third-order valence-electron chi connectivity index (χ3n) is 5.72. The van der Waals surface area contributed by atoms with E-state index in [-0.39, 0.29) is 35.4 Å². The Morgan fingerprint density at radius 2 is 1.29 bits per heavy atom. The van der Waals surface area contributed by atoms with Crippen LogP contribution in [0.25, 0.3) is 10.8 Å². The fourth-order valence-corrected chi connectivity index (χ4v) is 3.57. The molecule has 124 valence electrons. The minimum atomic E-state index is -1.59. The molecule has 4 heteroatoms. The van der Waals surface area contributed by atoms with Crippen LogP contribution in [0.3, 0.4) is 0 Å². The summed E-state index contributed by atoms with van der Waals surface area (Å²) in [6, 6.07) is 15.0. The molecule has 2 aromatic carbocycles. The monoisotopic (exact) mass is 318 g/mol. The minimum Gasteiger partial charge on any atom is -0.558 e. The first-order valence-corrected chi connectivity index (χ1v) is 8.52. The molecule has 0 radical (unpaired) electrons.